The van der Waals surface area contributed by atoms with Crippen molar-refractivity contribution in [1.29, 1.82) is 0 Å². The Morgan fingerprint density at radius 1 is 0.424 bits per heavy atom. The van der Waals surface area contributed by atoms with Gasteiger partial charge in [0.2, 0.25) is 0 Å². The molecular weight excluding hydrogens is 1290 g/mol. The number of benzene rings is 7. The van der Waals surface area contributed by atoms with E-state index in [1.54, 1.807) is 0 Å². The number of phenolic OH excluding ortho intramolecular Hbond substituents is 1. The molecule has 37 heteroatoms. The average molecular weight is 1320 g/mol. The van der Waals surface area contributed by atoms with Crippen LogP contribution in [0.3, 0.4) is 0 Å². The predicted octanol–water partition coefficient (Wildman–Crippen LogP) is 6.02. The van der Waals surface area contributed by atoms with Gasteiger partial charge in [0, 0.05) is 50.9 Å². The summed E-state index contributed by atoms with van der Waals surface area (Å²) in [6, 6.07) is 20.2. The van der Waals surface area contributed by atoms with Crippen LogP contribution in [0.5, 0.6) is 5.75 Å². The van der Waals surface area contributed by atoms with Gasteiger partial charge in [-0.2, -0.15) is 42.1 Å². The number of azo groups is 1. The molecule has 0 aliphatic carbocycles. The number of rotatable bonds is 10. The fraction of sp³-hybridized carbons (Fsp3) is 0. The van der Waals surface area contributed by atoms with Crippen molar-refractivity contribution in [3.05, 3.63) is 115 Å². The van der Waals surface area contributed by atoms with E-state index >= 15 is 0 Å². The number of nitrogen functional groups attached to an aromatic ring is 1. The van der Waals surface area contributed by atoms with E-state index in [1.165, 1.54) is 36.4 Å². The van der Waals surface area contributed by atoms with Gasteiger partial charge in [-0.3, -0.25) is 27.5 Å². The van der Waals surface area contributed by atoms with Crippen LogP contribution in [0.25, 0.3) is 100 Å². The second-order valence-electron chi connectivity index (χ2n) is 18.2. The van der Waals surface area contributed by atoms with Crippen molar-refractivity contribution in [2.24, 2.45) is 10.2 Å². The molecule has 8 bridgehead atoms. The molecule has 0 saturated heterocycles. The molecular formula is C48H28N12O18S6Zn. The molecule has 0 radical (unpaired) electrons. The number of nitrogens with two attached hydrogens (primary N) is 1. The normalized spacial score (nSPS) is 13.0. The molecule has 12 rings (SSSR count). The number of hydrogen-bond donors (Lipinski definition) is 8. The van der Waals surface area contributed by atoms with Crippen molar-refractivity contribution in [3.63, 3.8) is 0 Å². The van der Waals surface area contributed by atoms with Crippen molar-refractivity contribution >= 4 is 138 Å². The molecule has 5 heterocycles. The molecule has 2 aliphatic rings. The van der Waals surface area contributed by atoms with Crippen molar-refractivity contribution in [1.82, 2.24) is 39.9 Å². The van der Waals surface area contributed by atoms with Gasteiger partial charge in [-0.05, 0) is 106 Å². The van der Waals surface area contributed by atoms with Gasteiger partial charge < -0.3 is 40.7 Å². The zero-order valence-electron chi connectivity index (χ0n) is 41.8. The number of anilines is 2. The van der Waals surface area contributed by atoms with Crippen LogP contribution in [0.1, 0.15) is 0 Å². The quantitative estimate of drug-likeness (QED) is 0.0336. The third kappa shape index (κ3) is 10.6. The number of hydrogen-bond acceptors (Lipinski definition) is 22. The Kier molecular flexibility index (Phi) is 13.6. The molecule has 7 aromatic carbocycles. The molecule has 0 spiro atoms. The minimum atomic E-state index is -5.26. The summed E-state index contributed by atoms with van der Waals surface area (Å²) in [5.41, 5.74) is 3.53. The molecule has 30 nitrogen and oxygen atoms in total. The van der Waals surface area contributed by atoms with Gasteiger partial charge in [-0.15, -0.1) is 10.2 Å². The van der Waals surface area contributed by atoms with E-state index in [0.717, 1.165) is 66.7 Å². The topological polar surface area (TPSA) is 495 Å². The Hall–Kier alpha value is -8.72. The summed E-state index contributed by atoms with van der Waals surface area (Å²) in [4.78, 5) is 32.6. The molecule has 85 heavy (non-hydrogen) atoms. The molecule has 0 fully saturated rings. The minimum Gasteiger partial charge on any atom is -0.507 e. The van der Waals surface area contributed by atoms with Gasteiger partial charge in [-0.1, -0.05) is 30.3 Å². The van der Waals surface area contributed by atoms with Crippen LogP contribution in [0, 0.1) is 0 Å². The maximum Gasteiger partial charge on any atom is 2.00 e. The smallest absolute Gasteiger partial charge is 0.507 e. The molecule has 3 aromatic heterocycles. The number of phenols is 1. The van der Waals surface area contributed by atoms with Crippen LogP contribution in [0.2, 0.25) is 0 Å². The van der Waals surface area contributed by atoms with Gasteiger partial charge in [0.15, 0.2) is 0 Å². The zero-order chi connectivity index (χ0) is 60.0. The van der Waals surface area contributed by atoms with Crippen molar-refractivity contribution in [2.45, 2.75) is 29.4 Å². The largest absolute Gasteiger partial charge is 2.00 e. The van der Waals surface area contributed by atoms with E-state index in [0.29, 0.717) is 12.1 Å². The fourth-order valence-corrected chi connectivity index (χ4v) is 12.9. The van der Waals surface area contributed by atoms with Crippen LogP contribution >= 0.6 is 0 Å². The van der Waals surface area contributed by atoms with Gasteiger partial charge in [-0.25, -0.2) is 18.4 Å². The second kappa shape index (κ2) is 20.0. The van der Waals surface area contributed by atoms with Gasteiger partial charge in [0.1, 0.15) is 22.0 Å². The van der Waals surface area contributed by atoms with Crippen LogP contribution in [0.4, 0.5) is 22.7 Å². The Morgan fingerprint density at radius 3 is 1.36 bits per heavy atom. The Labute approximate surface area is 489 Å². The van der Waals surface area contributed by atoms with Gasteiger partial charge in [0.05, 0.1) is 64.5 Å². The van der Waals surface area contributed by atoms with Crippen molar-refractivity contribution < 1.29 is 97.9 Å². The molecule has 0 atom stereocenters. The van der Waals surface area contributed by atoms with E-state index in [9.17, 15) is 78.4 Å². The summed E-state index contributed by atoms with van der Waals surface area (Å²) >= 11 is 0. The first-order valence-electron chi connectivity index (χ1n) is 23.1. The summed E-state index contributed by atoms with van der Waals surface area (Å²) in [5, 5.41) is 18.4. The first kappa shape index (κ1) is 58.1. The molecule has 426 valence electrons. The summed E-state index contributed by atoms with van der Waals surface area (Å²) < 4.78 is 205. The van der Waals surface area contributed by atoms with Crippen LogP contribution in [0.15, 0.2) is 155 Å². The zero-order valence-corrected chi connectivity index (χ0v) is 49.6. The third-order valence-corrected chi connectivity index (χ3v) is 18.6. The summed E-state index contributed by atoms with van der Waals surface area (Å²) in [7, 11) is -29.5. The van der Waals surface area contributed by atoms with Crippen molar-refractivity contribution in [2.75, 3.05) is 10.5 Å². The average Bonchev–Trinajstić information content (AvgIpc) is 2.33. The maximum atomic E-state index is 14.4. The van der Waals surface area contributed by atoms with E-state index in [2.05, 4.69) is 54.8 Å². The van der Waals surface area contributed by atoms with Crippen LogP contribution in [-0.4, -0.2) is 108 Å². The first-order chi connectivity index (χ1) is 39.3. The third-order valence-electron chi connectivity index (χ3n) is 12.9. The Bertz CT molecular complexity index is 5640. The second-order valence-corrected chi connectivity index (χ2v) is 27.0. The van der Waals surface area contributed by atoms with E-state index in [-0.39, 0.29) is 131 Å². The molecule has 10 aromatic rings. The summed E-state index contributed by atoms with van der Waals surface area (Å²) in [6.45, 7) is 0. The number of nitrogens with one attached hydrogen (secondary N) is 1. The van der Waals surface area contributed by atoms with Gasteiger partial charge in [0.25, 0.3) is 60.6 Å². The van der Waals surface area contributed by atoms with Crippen LogP contribution < -0.4 is 20.4 Å². The maximum absolute atomic E-state index is 14.4. The van der Waals surface area contributed by atoms with Crippen LogP contribution in [-0.2, 0) is 80.1 Å². The number of aromatic nitrogens is 8. The predicted molar refractivity (Wildman–Crippen MR) is 295 cm³/mol. The minimum absolute atomic E-state index is 0. The molecule has 0 unspecified atom stereocenters. The number of nitrogens with zero attached hydrogens (tertiary/aromatic N) is 10. The summed E-state index contributed by atoms with van der Waals surface area (Å²) in [6.07, 6.45) is 0. The van der Waals surface area contributed by atoms with Crippen molar-refractivity contribution in [3.8, 4) is 51.3 Å². The Morgan fingerprint density at radius 2 is 0.871 bits per heavy atom. The molecule has 9 N–H and O–H groups in total. The molecule has 0 saturated carbocycles. The molecule has 0 amide bonds. The first-order valence-corrected chi connectivity index (χ1v) is 31.8. The Balaban J connectivity index is 0.00000752. The van der Waals surface area contributed by atoms with E-state index in [4.69, 9.17) is 5.73 Å². The number of aromatic hydroxyl groups is 1. The fourth-order valence-electron chi connectivity index (χ4n) is 9.08. The van der Waals surface area contributed by atoms with E-state index in [1.807, 2.05) is 0 Å². The molecule has 2 aliphatic heterocycles. The SMILES string of the molecule is Nc1ccc2cc(S(=O)(=O)O)cc(O)c2c1N=Nc1ccc(NS(=O)(=O)c2ccc3c(c2)-c2nc-3nc3[n-]c(nc4nc(nc5[n-]c(n2)c2cc(S(=O)(=O)O)ccc52)-c2cc(S(=O)(=O)O)ccc2-4)c2cc(S(=O)(=O)O)ccc32)cc1S(=O)(=O)O.[Zn+2]. The monoisotopic (exact) mass is 1320 g/mol. The van der Waals surface area contributed by atoms with E-state index < -0.39 is 107 Å². The summed E-state index contributed by atoms with van der Waals surface area (Å²) in [5.74, 6) is -1.79. The number of sulfonamides is 1. The standard InChI is InChI=1S/C48H28N12O18S6.Zn/c49-35-11-1-20-13-26(83(73,74)75)19-37(61)39(20)40(35)59-58-36-12-2-21(14-38(36)84(76,77)78)60-79(62,63)22-3-7-27-31(15-22)45-51-41(27)50-42-28-8-4-23(80(64,65)66)16-32(28)46(52-42)53-43-29-9-5-24(81(67,68)69)17-33(29)47(54-43)55-44-30-10-6-25(82(70,71)72)18-34(30)48(56-44)57-45;/h1-19H,(H9-2,49,50,51,52,53,54,55,56,57,58,59,60,61,64,65,66,67,68,69,70,71,72,73,74,75,76,77,78);/q-2;+2. The number of fused-ring (bicyclic) bond motifs is 21. The van der Waals surface area contributed by atoms with Gasteiger partial charge >= 0.3 is 19.5 Å².